The molecule has 0 aliphatic carbocycles. The number of rotatable bonds is 6. The normalized spacial score (nSPS) is 10.9. The zero-order chi connectivity index (χ0) is 15.4. The van der Waals surface area contributed by atoms with Crippen LogP contribution < -0.4 is 5.32 Å². The van der Waals surface area contributed by atoms with Crippen LogP contribution >= 0.6 is 27.3 Å². The maximum Gasteiger partial charge on any atom is 0.335 e. The van der Waals surface area contributed by atoms with Gasteiger partial charge in [0.25, 0.3) is 0 Å². The van der Waals surface area contributed by atoms with E-state index < -0.39 is 5.97 Å². The molecule has 6 heteroatoms. The molecule has 4 nitrogen and oxygen atoms in total. The molecule has 2 aromatic rings. The number of hydrogen-bond donors (Lipinski definition) is 2. The van der Waals surface area contributed by atoms with Crippen LogP contribution in [0, 0.1) is 0 Å². The van der Waals surface area contributed by atoms with E-state index in [2.05, 4.69) is 32.3 Å². The lowest BCUT2D eigenvalue weighted by molar-refractivity contribution is 0.0696. The van der Waals surface area contributed by atoms with Crippen molar-refractivity contribution in [1.82, 2.24) is 4.98 Å². The van der Waals surface area contributed by atoms with E-state index in [9.17, 15) is 4.79 Å². The van der Waals surface area contributed by atoms with Gasteiger partial charge < -0.3 is 10.4 Å². The lowest BCUT2D eigenvalue weighted by Crippen LogP contribution is -2.09. The number of thiophene rings is 1. The quantitative estimate of drug-likeness (QED) is 0.793. The lowest BCUT2D eigenvalue weighted by Gasteiger charge is -2.11. The van der Waals surface area contributed by atoms with Crippen LogP contribution in [0.2, 0.25) is 0 Å². The van der Waals surface area contributed by atoms with E-state index >= 15 is 0 Å². The van der Waals surface area contributed by atoms with E-state index in [1.165, 1.54) is 4.88 Å². The maximum atomic E-state index is 11.2. The SMILES string of the molecule is CC(C)c1cc(C(=O)O)cc(NCCc2ccc(Br)s2)n1. The number of anilines is 1. The molecule has 0 saturated heterocycles. The molecule has 2 N–H and O–H groups in total. The maximum absolute atomic E-state index is 11.2. The lowest BCUT2D eigenvalue weighted by atomic mass is 10.1. The highest BCUT2D eigenvalue weighted by atomic mass is 79.9. The van der Waals surface area contributed by atoms with E-state index in [4.69, 9.17) is 5.11 Å². The molecule has 0 bridgehead atoms. The van der Waals surface area contributed by atoms with Crippen molar-refractivity contribution in [3.63, 3.8) is 0 Å². The molecule has 0 amide bonds. The minimum Gasteiger partial charge on any atom is -0.478 e. The summed E-state index contributed by atoms with van der Waals surface area (Å²) >= 11 is 5.14. The summed E-state index contributed by atoms with van der Waals surface area (Å²) in [6.07, 6.45) is 0.881. The first-order valence-corrected chi connectivity index (χ1v) is 8.30. The van der Waals surface area contributed by atoms with Gasteiger partial charge >= 0.3 is 5.97 Å². The first-order valence-electron chi connectivity index (χ1n) is 6.69. The monoisotopic (exact) mass is 368 g/mol. The van der Waals surface area contributed by atoms with Crippen molar-refractivity contribution in [2.45, 2.75) is 26.2 Å². The number of nitrogens with one attached hydrogen (secondary N) is 1. The molecule has 0 radical (unpaired) electrons. The number of aromatic carboxylic acids is 1. The second-order valence-corrected chi connectivity index (χ2v) is 7.56. The van der Waals surface area contributed by atoms with Gasteiger partial charge in [-0.15, -0.1) is 11.3 Å². The molecule has 0 aliphatic rings. The average molecular weight is 369 g/mol. The smallest absolute Gasteiger partial charge is 0.335 e. The number of halogens is 1. The number of carboxylic acid groups (broad SMARTS) is 1. The summed E-state index contributed by atoms with van der Waals surface area (Å²) in [7, 11) is 0. The fourth-order valence-electron chi connectivity index (χ4n) is 1.86. The summed E-state index contributed by atoms with van der Waals surface area (Å²) in [6.45, 7) is 4.72. The Bertz CT molecular complexity index is 640. The first-order chi connectivity index (χ1) is 9.95. The van der Waals surface area contributed by atoms with E-state index in [0.29, 0.717) is 5.82 Å². The number of carboxylic acids is 1. The third-order valence-corrected chi connectivity index (χ3v) is 4.67. The molecule has 0 aromatic carbocycles. The van der Waals surface area contributed by atoms with Gasteiger partial charge in [0.1, 0.15) is 5.82 Å². The van der Waals surface area contributed by atoms with Crippen molar-refractivity contribution < 1.29 is 9.90 Å². The Morgan fingerprint density at radius 1 is 1.43 bits per heavy atom. The molecule has 2 aromatic heterocycles. The highest BCUT2D eigenvalue weighted by Crippen LogP contribution is 2.22. The van der Waals surface area contributed by atoms with E-state index in [-0.39, 0.29) is 11.5 Å². The van der Waals surface area contributed by atoms with Gasteiger partial charge in [-0.05, 0) is 52.5 Å². The molecule has 0 spiro atoms. The van der Waals surface area contributed by atoms with Crippen LogP contribution in [0.15, 0.2) is 28.1 Å². The summed E-state index contributed by atoms with van der Waals surface area (Å²) in [5.41, 5.74) is 1.06. The number of hydrogen-bond acceptors (Lipinski definition) is 4. The molecule has 0 aliphatic heterocycles. The third kappa shape index (κ3) is 4.54. The topological polar surface area (TPSA) is 62.2 Å². The van der Waals surface area contributed by atoms with Crippen LogP contribution in [0.25, 0.3) is 0 Å². The first kappa shape index (κ1) is 16.0. The molecule has 0 atom stereocenters. The van der Waals surface area contributed by atoms with Crippen LogP contribution in [0.1, 0.15) is 40.7 Å². The molecule has 0 fully saturated rings. The average Bonchev–Trinajstić information content (AvgIpc) is 2.84. The fraction of sp³-hybridized carbons (Fsp3) is 0.333. The zero-order valence-corrected chi connectivity index (χ0v) is 14.3. The van der Waals surface area contributed by atoms with Crippen molar-refractivity contribution in [2.24, 2.45) is 0 Å². The van der Waals surface area contributed by atoms with Gasteiger partial charge in [-0.25, -0.2) is 9.78 Å². The Balaban J connectivity index is 2.06. The summed E-state index contributed by atoms with van der Waals surface area (Å²) in [5, 5.41) is 12.4. The Hall–Kier alpha value is -1.40. The van der Waals surface area contributed by atoms with Gasteiger partial charge in [0.05, 0.1) is 9.35 Å². The van der Waals surface area contributed by atoms with Crippen molar-refractivity contribution in [3.8, 4) is 0 Å². The number of aromatic nitrogens is 1. The zero-order valence-electron chi connectivity index (χ0n) is 11.9. The molecule has 0 saturated carbocycles. The highest BCUT2D eigenvalue weighted by molar-refractivity contribution is 9.11. The van der Waals surface area contributed by atoms with Gasteiger partial charge in [0.15, 0.2) is 0 Å². The molecular weight excluding hydrogens is 352 g/mol. The molecular formula is C15H17BrN2O2S. The number of nitrogens with zero attached hydrogens (tertiary/aromatic N) is 1. The predicted molar refractivity (Wildman–Crippen MR) is 89.5 cm³/mol. The number of carbonyl (C=O) groups is 1. The Morgan fingerprint density at radius 3 is 2.76 bits per heavy atom. The molecule has 21 heavy (non-hydrogen) atoms. The van der Waals surface area contributed by atoms with Gasteiger partial charge in [0, 0.05) is 17.1 Å². The molecule has 2 heterocycles. The van der Waals surface area contributed by atoms with Crippen LogP contribution in [-0.2, 0) is 6.42 Å². The summed E-state index contributed by atoms with van der Waals surface area (Å²) < 4.78 is 1.12. The fourth-order valence-corrected chi connectivity index (χ4v) is 3.34. The van der Waals surface area contributed by atoms with Gasteiger partial charge in [-0.3, -0.25) is 0 Å². The summed E-state index contributed by atoms with van der Waals surface area (Å²) in [5.74, 6) is -0.114. The second-order valence-electron chi connectivity index (χ2n) is 5.01. The van der Waals surface area contributed by atoms with Gasteiger partial charge in [-0.2, -0.15) is 0 Å². The number of pyridine rings is 1. The van der Waals surface area contributed by atoms with Crippen molar-refractivity contribution in [2.75, 3.05) is 11.9 Å². The third-order valence-electron chi connectivity index (χ3n) is 2.99. The summed E-state index contributed by atoms with van der Waals surface area (Å²) in [4.78, 5) is 16.9. The van der Waals surface area contributed by atoms with Crippen LogP contribution in [0.3, 0.4) is 0 Å². The van der Waals surface area contributed by atoms with E-state index in [0.717, 1.165) is 22.4 Å². The van der Waals surface area contributed by atoms with Crippen LogP contribution in [-0.4, -0.2) is 22.6 Å². The Kier molecular flexibility index (Phi) is 5.36. The highest BCUT2D eigenvalue weighted by Gasteiger charge is 2.10. The van der Waals surface area contributed by atoms with E-state index in [1.807, 2.05) is 19.9 Å². The summed E-state index contributed by atoms with van der Waals surface area (Å²) in [6, 6.07) is 7.32. The Labute approximate surface area is 136 Å². The van der Waals surface area contributed by atoms with Crippen molar-refractivity contribution in [3.05, 3.63) is 44.2 Å². The van der Waals surface area contributed by atoms with Crippen LogP contribution in [0.4, 0.5) is 5.82 Å². The van der Waals surface area contributed by atoms with Crippen LogP contribution in [0.5, 0.6) is 0 Å². The molecule has 112 valence electrons. The Morgan fingerprint density at radius 2 is 2.19 bits per heavy atom. The molecule has 2 rings (SSSR count). The second kappa shape index (κ2) is 7.04. The van der Waals surface area contributed by atoms with Gasteiger partial charge in [0.2, 0.25) is 0 Å². The predicted octanol–water partition coefficient (Wildman–Crippen LogP) is 4.38. The van der Waals surface area contributed by atoms with Crippen molar-refractivity contribution in [1.29, 1.82) is 0 Å². The molecule has 0 unspecified atom stereocenters. The standard InChI is InChI=1S/C15H17BrN2O2S/c1-9(2)12-7-10(15(19)20)8-14(18-12)17-6-5-11-3-4-13(16)21-11/h3-4,7-9H,5-6H2,1-2H3,(H,17,18)(H,19,20). The largest absolute Gasteiger partial charge is 0.478 e. The van der Waals surface area contributed by atoms with Crippen molar-refractivity contribution >= 4 is 39.1 Å². The minimum absolute atomic E-state index is 0.193. The van der Waals surface area contributed by atoms with E-state index in [1.54, 1.807) is 23.5 Å². The minimum atomic E-state index is -0.926. The van der Waals surface area contributed by atoms with Gasteiger partial charge in [-0.1, -0.05) is 13.8 Å².